The average Bonchev–Trinajstić information content (AvgIpc) is 3.56. The summed E-state index contributed by atoms with van der Waals surface area (Å²) in [5.41, 5.74) is 0.640. The van der Waals surface area contributed by atoms with Crippen molar-refractivity contribution in [3.63, 3.8) is 0 Å². The second-order valence-electron chi connectivity index (χ2n) is 12.3. The lowest BCUT2D eigenvalue weighted by Gasteiger charge is -2.29. The third kappa shape index (κ3) is 7.75. The second-order valence-corrected chi connectivity index (χ2v) is 14.6. The van der Waals surface area contributed by atoms with E-state index < -0.39 is 11.1 Å². The Hall–Kier alpha value is -1.88. The van der Waals surface area contributed by atoms with Gasteiger partial charge in [0.2, 0.25) is 0 Å². The zero-order chi connectivity index (χ0) is 29.6. The number of fused-ring (bicyclic) bond motifs is 2. The Balaban J connectivity index is 1.05. The van der Waals surface area contributed by atoms with Crippen LogP contribution in [0.2, 0.25) is 0 Å². The van der Waals surface area contributed by atoms with Crippen LogP contribution in [0.1, 0.15) is 83.8 Å². The molecule has 4 rings (SSSR count). The number of nitrogens with zero attached hydrogens (tertiary/aromatic N) is 2. The van der Waals surface area contributed by atoms with Crippen molar-refractivity contribution in [3.8, 4) is 11.8 Å². The standard InChI is InChI=1S/C31H46N2O6S2/c1-30(2,32-26(34)20-24-22(28(32)36)10-18-40-24)12-5-7-14-38-16-9-17-39-15-8-6-13-31(3,4)33-27(35)21-25-23(29(33)37)11-19-41-25/h20-21,36-37H,5-19H2,1-4H3. The molecule has 228 valence electrons. The van der Waals surface area contributed by atoms with Crippen molar-refractivity contribution in [2.75, 3.05) is 37.9 Å². The van der Waals surface area contributed by atoms with Gasteiger partial charge in [0, 0.05) is 82.1 Å². The molecule has 10 heteroatoms. The summed E-state index contributed by atoms with van der Waals surface area (Å²) >= 11 is 3.28. The minimum atomic E-state index is -0.455. The largest absolute Gasteiger partial charge is 0.494 e. The van der Waals surface area contributed by atoms with Gasteiger partial charge in [0.1, 0.15) is 0 Å². The molecule has 0 fully saturated rings. The zero-order valence-electron chi connectivity index (χ0n) is 25.0. The maximum Gasteiger partial charge on any atom is 0.254 e. The first-order chi connectivity index (χ1) is 19.5. The van der Waals surface area contributed by atoms with E-state index in [1.54, 1.807) is 44.8 Å². The smallest absolute Gasteiger partial charge is 0.254 e. The molecule has 8 nitrogen and oxygen atoms in total. The number of hydrogen-bond donors (Lipinski definition) is 2. The van der Waals surface area contributed by atoms with E-state index in [0.29, 0.717) is 26.4 Å². The molecule has 0 atom stereocenters. The summed E-state index contributed by atoms with van der Waals surface area (Å²) in [7, 11) is 0. The van der Waals surface area contributed by atoms with Crippen LogP contribution in [-0.2, 0) is 33.4 Å². The van der Waals surface area contributed by atoms with Crippen molar-refractivity contribution >= 4 is 23.5 Å². The Kier molecular flexibility index (Phi) is 11.0. The topological polar surface area (TPSA) is 103 Å². The third-order valence-electron chi connectivity index (χ3n) is 8.17. The van der Waals surface area contributed by atoms with E-state index in [1.165, 1.54) is 0 Å². The fraction of sp³-hybridized carbons (Fsp3) is 0.677. The fourth-order valence-electron chi connectivity index (χ4n) is 5.86. The summed E-state index contributed by atoms with van der Waals surface area (Å²) in [5.74, 6) is 2.10. The molecule has 0 spiro atoms. The SMILES string of the molecule is CC(C)(CCCCOCCCOCCCCC(C)(C)n1c(O)c2c(cc1=O)SCC2)n1c(O)c2c(cc1=O)SCC2. The van der Waals surface area contributed by atoms with E-state index in [-0.39, 0.29) is 22.9 Å². The van der Waals surface area contributed by atoms with Crippen molar-refractivity contribution in [1.82, 2.24) is 9.13 Å². The zero-order valence-corrected chi connectivity index (χ0v) is 26.6. The number of unbranched alkanes of at least 4 members (excludes halogenated alkanes) is 2. The molecule has 0 unspecified atom stereocenters. The number of thioether (sulfide) groups is 2. The van der Waals surface area contributed by atoms with Gasteiger partial charge in [0.15, 0.2) is 11.8 Å². The summed E-state index contributed by atoms with van der Waals surface area (Å²) < 4.78 is 14.7. The fourth-order valence-corrected chi connectivity index (χ4v) is 8.02. The van der Waals surface area contributed by atoms with Crippen molar-refractivity contribution in [3.05, 3.63) is 44.0 Å². The van der Waals surface area contributed by atoms with Crippen LogP contribution in [0.25, 0.3) is 0 Å². The molecule has 2 aromatic rings. The molecule has 0 bridgehead atoms. The Morgan fingerprint density at radius 3 is 1.49 bits per heavy atom. The highest BCUT2D eigenvalue weighted by atomic mass is 32.2. The molecule has 2 N–H and O–H groups in total. The predicted molar refractivity (Wildman–Crippen MR) is 166 cm³/mol. The first kappa shape index (κ1) is 32.0. The molecule has 2 aromatic heterocycles. The summed E-state index contributed by atoms with van der Waals surface area (Å²) in [6.07, 6.45) is 7.64. The van der Waals surface area contributed by atoms with Gasteiger partial charge in [0.25, 0.3) is 11.1 Å². The van der Waals surface area contributed by atoms with Crippen LogP contribution in [0.3, 0.4) is 0 Å². The molecule has 4 heterocycles. The molecule has 2 aliphatic heterocycles. The Morgan fingerprint density at radius 2 is 1.07 bits per heavy atom. The second kappa shape index (κ2) is 14.1. The highest BCUT2D eigenvalue weighted by molar-refractivity contribution is 7.99. The summed E-state index contributed by atoms with van der Waals surface area (Å²) in [6, 6.07) is 3.34. The number of pyridine rings is 2. The number of aromatic nitrogens is 2. The average molecular weight is 607 g/mol. The monoisotopic (exact) mass is 606 g/mol. The number of ether oxygens (including phenoxy) is 2. The highest BCUT2D eigenvalue weighted by Crippen LogP contribution is 2.39. The van der Waals surface area contributed by atoms with E-state index in [2.05, 4.69) is 0 Å². The van der Waals surface area contributed by atoms with Gasteiger partial charge < -0.3 is 19.7 Å². The third-order valence-corrected chi connectivity index (χ3v) is 10.3. The van der Waals surface area contributed by atoms with Crippen LogP contribution in [0.5, 0.6) is 11.8 Å². The van der Waals surface area contributed by atoms with E-state index in [9.17, 15) is 19.8 Å². The Labute approximate surface area is 251 Å². The van der Waals surface area contributed by atoms with Crippen molar-refractivity contribution < 1.29 is 19.7 Å². The number of hydrogen-bond acceptors (Lipinski definition) is 8. The van der Waals surface area contributed by atoms with Gasteiger partial charge in [-0.2, -0.15) is 0 Å². The molecule has 2 aliphatic rings. The molecular formula is C31H46N2O6S2. The minimum absolute atomic E-state index is 0.131. The van der Waals surface area contributed by atoms with Crippen LogP contribution >= 0.6 is 23.5 Å². The lowest BCUT2D eigenvalue weighted by molar-refractivity contribution is 0.0778. The van der Waals surface area contributed by atoms with Crippen LogP contribution in [0.15, 0.2) is 31.5 Å². The molecular weight excluding hydrogens is 560 g/mol. The van der Waals surface area contributed by atoms with E-state index >= 15 is 0 Å². The maximum absolute atomic E-state index is 12.7. The normalized spacial score (nSPS) is 14.9. The molecule has 0 amide bonds. The van der Waals surface area contributed by atoms with Crippen LogP contribution < -0.4 is 11.1 Å². The Morgan fingerprint density at radius 1 is 0.683 bits per heavy atom. The Bertz CT molecular complexity index is 1220. The van der Waals surface area contributed by atoms with E-state index in [4.69, 9.17) is 9.47 Å². The lowest BCUT2D eigenvalue weighted by Crippen LogP contribution is -2.36. The molecule has 0 radical (unpaired) electrons. The highest BCUT2D eigenvalue weighted by Gasteiger charge is 2.30. The summed E-state index contributed by atoms with van der Waals surface area (Å²) in [4.78, 5) is 27.2. The molecule has 0 aromatic carbocycles. The first-order valence-electron chi connectivity index (χ1n) is 14.9. The summed E-state index contributed by atoms with van der Waals surface area (Å²) in [5, 5.41) is 21.5. The first-order valence-corrected chi connectivity index (χ1v) is 16.9. The van der Waals surface area contributed by atoms with Crippen LogP contribution in [0, 0.1) is 0 Å². The predicted octanol–water partition coefficient (Wildman–Crippen LogP) is 5.65. The van der Waals surface area contributed by atoms with Gasteiger partial charge in [-0.1, -0.05) is 0 Å². The van der Waals surface area contributed by atoms with Crippen molar-refractivity contribution in [2.24, 2.45) is 0 Å². The van der Waals surface area contributed by atoms with E-state index in [0.717, 1.165) is 90.2 Å². The number of aromatic hydroxyl groups is 2. The lowest BCUT2D eigenvalue weighted by atomic mass is 9.96. The quantitative estimate of drug-likeness (QED) is 0.236. The summed E-state index contributed by atoms with van der Waals surface area (Å²) in [6.45, 7) is 10.7. The van der Waals surface area contributed by atoms with Crippen LogP contribution in [-0.4, -0.2) is 57.3 Å². The van der Waals surface area contributed by atoms with Crippen molar-refractivity contribution in [1.29, 1.82) is 0 Å². The van der Waals surface area contributed by atoms with Gasteiger partial charge >= 0.3 is 0 Å². The van der Waals surface area contributed by atoms with Crippen LogP contribution in [0.4, 0.5) is 0 Å². The molecule has 0 saturated carbocycles. The van der Waals surface area contributed by atoms with Gasteiger partial charge in [-0.3, -0.25) is 18.7 Å². The maximum atomic E-state index is 12.7. The van der Waals surface area contributed by atoms with Gasteiger partial charge in [-0.05, 0) is 85.5 Å². The molecule has 41 heavy (non-hydrogen) atoms. The van der Waals surface area contributed by atoms with E-state index in [1.807, 2.05) is 27.7 Å². The van der Waals surface area contributed by atoms with Gasteiger partial charge in [-0.25, -0.2) is 0 Å². The van der Waals surface area contributed by atoms with Gasteiger partial charge in [0.05, 0.1) is 0 Å². The van der Waals surface area contributed by atoms with Crippen molar-refractivity contribution in [2.45, 2.75) is 106 Å². The molecule has 0 saturated heterocycles. The minimum Gasteiger partial charge on any atom is -0.494 e. The van der Waals surface area contributed by atoms with Gasteiger partial charge in [-0.15, -0.1) is 23.5 Å². The molecule has 0 aliphatic carbocycles. The number of rotatable bonds is 16.